The summed E-state index contributed by atoms with van der Waals surface area (Å²) in [6.07, 6.45) is 4.14. The summed E-state index contributed by atoms with van der Waals surface area (Å²) in [5.41, 5.74) is 7.03. The predicted octanol–water partition coefficient (Wildman–Crippen LogP) is 3.25. The molecular formula is C16H24BrClN2O. The van der Waals surface area contributed by atoms with Crippen LogP contribution in [0.3, 0.4) is 0 Å². The average molecular weight is 376 g/mol. The van der Waals surface area contributed by atoms with Crippen LogP contribution in [-0.2, 0) is 11.2 Å². The van der Waals surface area contributed by atoms with Crippen LogP contribution in [0.25, 0.3) is 0 Å². The van der Waals surface area contributed by atoms with E-state index >= 15 is 0 Å². The number of carbonyl (C=O) groups excluding carboxylic acids is 1. The molecule has 2 N–H and O–H groups in total. The molecule has 118 valence electrons. The van der Waals surface area contributed by atoms with Crippen LogP contribution in [0.15, 0.2) is 28.7 Å². The summed E-state index contributed by atoms with van der Waals surface area (Å²) in [5, 5.41) is 0. The van der Waals surface area contributed by atoms with Crippen LogP contribution in [0.4, 0.5) is 0 Å². The third-order valence-electron chi connectivity index (χ3n) is 4.30. The van der Waals surface area contributed by atoms with Gasteiger partial charge >= 0.3 is 0 Å². The van der Waals surface area contributed by atoms with Gasteiger partial charge in [-0.1, -0.05) is 34.5 Å². The number of carbonyl (C=O) groups is 1. The van der Waals surface area contributed by atoms with Gasteiger partial charge in [0.25, 0.3) is 0 Å². The molecule has 0 unspecified atom stereocenters. The van der Waals surface area contributed by atoms with Crippen molar-refractivity contribution < 1.29 is 4.79 Å². The van der Waals surface area contributed by atoms with E-state index in [-0.39, 0.29) is 24.2 Å². The van der Waals surface area contributed by atoms with Crippen LogP contribution in [0, 0.1) is 11.8 Å². The zero-order valence-electron chi connectivity index (χ0n) is 12.4. The molecular weight excluding hydrogens is 352 g/mol. The summed E-state index contributed by atoms with van der Waals surface area (Å²) in [6.45, 7) is 1.41. The van der Waals surface area contributed by atoms with Crippen molar-refractivity contribution in [2.24, 2.45) is 17.6 Å². The summed E-state index contributed by atoms with van der Waals surface area (Å²) in [5.74, 6) is 0.808. The van der Waals surface area contributed by atoms with Gasteiger partial charge in [0, 0.05) is 24.0 Å². The van der Waals surface area contributed by atoms with Crippen LogP contribution in [0.5, 0.6) is 0 Å². The van der Waals surface area contributed by atoms with E-state index in [0.717, 1.165) is 36.7 Å². The minimum absolute atomic E-state index is 0. The van der Waals surface area contributed by atoms with E-state index in [9.17, 15) is 4.79 Å². The second-order valence-electron chi connectivity index (χ2n) is 5.67. The Morgan fingerprint density at radius 3 is 2.62 bits per heavy atom. The smallest absolute Gasteiger partial charge is 0.225 e. The van der Waals surface area contributed by atoms with E-state index in [1.54, 1.807) is 0 Å². The van der Waals surface area contributed by atoms with E-state index in [1.807, 2.05) is 24.1 Å². The molecule has 0 heterocycles. The molecule has 1 aliphatic carbocycles. The molecule has 2 rings (SSSR count). The van der Waals surface area contributed by atoms with E-state index in [4.69, 9.17) is 5.73 Å². The first-order chi connectivity index (χ1) is 9.61. The van der Waals surface area contributed by atoms with Crippen molar-refractivity contribution in [2.45, 2.75) is 25.7 Å². The van der Waals surface area contributed by atoms with Gasteiger partial charge < -0.3 is 10.6 Å². The Hall–Kier alpha value is -0.580. The molecule has 1 aliphatic rings. The highest BCUT2D eigenvalue weighted by Crippen LogP contribution is 2.32. The van der Waals surface area contributed by atoms with Crippen molar-refractivity contribution in [1.29, 1.82) is 0 Å². The molecule has 0 saturated heterocycles. The molecule has 2 atom stereocenters. The van der Waals surface area contributed by atoms with E-state index in [1.165, 1.54) is 5.56 Å². The van der Waals surface area contributed by atoms with Gasteiger partial charge in [-0.25, -0.2) is 0 Å². The number of likely N-dealkylation sites (N-methyl/N-ethyl adjacent to an activating group) is 1. The lowest BCUT2D eigenvalue weighted by Crippen LogP contribution is -2.37. The third-order valence-corrected chi connectivity index (χ3v) is 4.83. The Bertz CT molecular complexity index is 452. The molecule has 21 heavy (non-hydrogen) atoms. The number of nitrogens with two attached hydrogens (primary N) is 1. The lowest BCUT2D eigenvalue weighted by atomic mass is 9.95. The summed E-state index contributed by atoms with van der Waals surface area (Å²) in [7, 11) is 1.91. The van der Waals surface area contributed by atoms with Gasteiger partial charge in [-0.3, -0.25) is 4.79 Å². The normalized spacial score (nSPS) is 20.9. The van der Waals surface area contributed by atoms with Gasteiger partial charge in [0.1, 0.15) is 0 Å². The summed E-state index contributed by atoms with van der Waals surface area (Å²) in [6, 6.07) is 8.28. The largest absolute Gasteiger partial charge is 0.345 e. The summed E-state index contributed by atoms with van der Waals surface area (Å²) in [4.78, 5) is 14.3. The van der Waals surface area contributed by atoms with Crippen molar-refractivity contribution in [1.82, 2.24) is 4.90 Å². The molecule has 3 nitrogen and oxygen atoms in total. The molecule has 0 bridgehead atoms. The fraction of sp³-hybridized carbons (Fsp3) is 0.562. The Kier molecular flexibility index (Phi) is 7.71. The van der Waals surface area contributed by atoms with Gasteiger partial charge in [0.2, 0.25) is 5.91 Å². The van der Waals surface area contributed by atoms with Crippen molar-refractivity contribution >= 4 is 34.2 Å². The molecule has 5 heteroatoms. The number of rotatable bonds is 5. The number of amides is 1. The van der Waals surface area contributed by atoms with Crippen LogP contribution in [0.2, 0.25) is 0 Å². The molecule has 0 aromatic heterocycles. The summed E-state index contributed by atoms with van der Waals surface area (Å²) < 4.78 is 1.09. The highest BCUT2D eigenvalue weighted by Gasteiger charge is 2.33. The van der Waals surface area contributed by atoms with Crippen molar-refractivity contribution in [3.63, 3.8) is 0 Å². The standard InChI is InChI=1S/C16H23BrN2O.ClH/c1-19(10-9-12-5-7-14(17)8-6-12)16(20)15-4-2-3-13(15)11-18;/h5-8,13,15H,2-4,9-11,18H2,1H3;1H/t13-,15-;/m1./s1. The maximum atomic E-state index is 12.5. The zero-order valence-corrected chi connectivity index (χ0v) is 14.8. The first-order valence-electron chi connectivity index (χ1n) is 7.31. The Morgan fingerprint density at radius 1 is 1.33 bits per heavy atom. The molecule has 0 spiro atoms. The lowest BCUT2D eigenvalue weighted by Gasteiger charge is -2.24. The predicted molar refractivity (Wildman–Crippen MR) is 92.6 cm³/mol. The number of halogens is 2. The monoisotopic (exact) mass is 374 g/mol. The van der Waals surface area contributed by atoms with Gasteiger partial charge in [0.15, 0.2) is 0 Å². The van der Waals surface area contributed by atoms with Crippen LogP contribution in [0.1, 0.15) is 24.8 Å². The summed E-state index contributed by atoms with van der Waals surface area (Å²) >= 11 is 3.43. The molecule has 1 amide bonds. The van der Waals surface area contributed by atoms with E-state index in [0.29, 0.717) is 12.5 Å². The van der Waals surface area contributed by atoms with Gasteiger partial charge in [-0.15, -0.1) is 12.4 Å². The zero-order chi connectivity index (χ0) is 14.5. The lowest BCUT2D eigenvalue weighted by molar-refractivity contribution is -0.135. The van der Waals surface area contributed by atoms with Crippen LogP contribution < -0.4 is 5.73 Å². The average Bonchev–Trinajstić information content (AvgIpc) is 2.94. The van der Waals surface area contributed by atoms with Crippen molar-refractivity contribution in [3.8, 4) is 0 Å². The molecule has 1 saturated carbocycles. The fourth-order valence-electron chi connectivity index (χ4n) is 2.99. The SMILES string of the molecule is CN(CCc1ccc(Br)cc1)C(=O)[C@@H]1CCC[C@@H]1CN.Cl. The molecule has 1 aromatic carbocycles. The maximum absolute atomic E-state index is 12.5. The van der Waals surface area contributed by atoms with Crippen molar-refractivity contribution in [3.05, 3.63) is 34.3 Å². The van der Waals surface area contributed by atoms with Gasteiger partial charge in [-0.2, -0.15) is 0 Å². The molecule has 0 aliphatic heterocycles. The minimum atomic E-state index is 0. The van der Waals surface area contributed by atoms with Crippen LogP contribution in [-0.4, -0.2) is 30.9 Å². The van der Waals surface area contributed by atoms with E-state index < -0.39 is 0 Å². The maximum Gasteiger partial charge on any atom is 0.225 e. The van der Waals surface area contributed by atoms with Crippen LogP contribution >= 0.6 is 28.3 Å². The highest BCUT2D eigenvalue weighted by molar-refractivity contribution is 9.10. The highest BCUT2D eigenvalue weighted by atomic mass is 79.9. The number of nitrogens with zero attached hydrogens (tertiary/aromatic N) is 1. The molecule has 0 radical (unpaired) electrons. The van der Waals surface area contributed by atoms with E-state index in [2.05, 4.69) is 28.1 Å². The first-order valence-corrected chi connectivity index (χ1v) is 8.10. The second-order valence-corrected chi connectivity index (χ2v) is 6.59. The topological polar surface area (TPSA) is 46.3 Å². The Balaban J connectivity index is 0.00000220. The quantitative estimate of drug-likeness (QED) is 0.858. The number of hydrogen-bond donors (Lipinski definition) is 1. The number of benzene rings is 1. The molecule has 1 fully saturated rings. The third kappa shape index (κ3) is 4.97. The van der Waals surface area contributed by atoms with Gasteiger partial charge in [-0.05, 0) is 49.4 Å². The minimum Gasteiger partial charge on any atom is -0.345 e. The van der Waals surface area contributed by atoms with Crippen molar-refractivity contribution in [2.75, 3.05) is 20.1 Å². The fourth-order valence-corrected chi connectivity index (χ4v) is 3.25. The second kappa shape index (κ2) is 8.76. The Labute approximate surface area is 141 Å². The van der Waals surface area contributed by atoms with Gasteiger partial charge in [0.05, 0.1) is 0 Å². The molecule has 1 aromatic rings. The Morgan fingerprint density at radius 2 is 2.00 bits per heavy atom. The number of hydrogen-bond acceptors (Lipinski definition) is 2. The first kappa shape index (κ1) is 18.5.